The van der Waals surface area contributed by atoms with Crippen molar-refractivity contribution in [2.24, 2.45) is 0 Å². The summed E-state index contributed by atoms with van der Waals surface area (Å²) in [5, 5.41) is 0. The number of hydrogen-bond donors (Lipinski definition) is 0. The van der Waals surface area contributed by atoms with Gasteiger partial charge in [-0.15, -0.1) is 0 Å². The summed E-state index contributed by atoms with van der Waals surface area (Å²) in [4.78, 5) is 15.3. The lowest BCUT2D eigenvalue weighted by Crippen LogP contribution is -2.46. The molecular formula is C23H19NO5S. The van der Waals surface area contributed by atoms with Crippen LogP contribution in [-0.2, 0) is 29.9 Å². The molecule has 6 nitrogen and oxygen atoms in total. The summed E-state index contributed by atoms with van der Waals surface area (Å²) >= 11 is 0. The molecule has 0 unspecified atom stereocenters. The molecular weight excluding hydrogens is 402 g/mol. The van der Waals surface area contributed by atoms with Crippen molar-refractivity contribution in [3.8, 4) is 0 Å². The Kier molecular flexibility index (Phi) is 4.47. The van der Waals surface area contributed by atoms with E-state index in [1.807, 2.05) is 30.3 Å². The van der Waals surface area contributed by atoms with Crippen LogP contribution < -0.4 is 4.90 Å². The van der Waals surface area contributed by atoms with Crippen LogP contribution in [0, 0.1) is 0 Å². The molecule has 0 bridgehead atoms. The van der Waals surface area contributed by atoms with Crippen LogP contribution in [0.5, 0.6) is 0 Å². The number of nitrogens with zero attached hydrogens (tertiary/aromatic N) is 1. The molecule has 1 spiro atoms. The number of carbonyl (C=O) groups is 1. The van der Waals surface area contributed by atoms with Crippen LogP contribution in [0.25, 0.3) is 0 Å². The Morgan fingerprint density at radius 2 is 1.43 bits per heavy atom. The van der Waals surface area contributed by atoms with Crippen molar-refractivity contribution < 1.29 is 22.7 Å². The zero-order valence-electron chi connectivity index (χ0n) is 16.0. The molecule has 1 fully saturated rings. The number of para-hydroxylation sites is 1. The van der Waals surface area contributed by atoms with Gasteiger partial charge < -0.3 is 9.47 Å². The van der Waals surface area contributed by atoms with E-state index < -0.39 is 15.6 Å². The van der Waals surface area contributed by atoms with E-state index in [-0.39, 0.29) is 15.7 Å². The first-order valence-electron chi connectivity index (χ1n) is 9.66. The third-order valence-corrected chi connectivity index (χ3v) is 7.09. The van der Waals surface area contributed by atoms with Gasteiger partial charge in [-0.1, -0.05) is 36.4 Å². The topological polar surface area (TPSA) is 72.9 Å². The van der Waals surface area contributed by atoms with Gasteiger partial charge in [0.2, 0.25) is 9.84 Å². The predicted octanol–water partition coefficient (Wildman–Crippen LogP) is 3.79. The summed E-state index contributed by atoms with van der Waals surface area (Å²) in [6, 6.07) is 22.1. The first-order chi connectivity index (χ1) is 14.5. The molecule has 0 atom stereocenters. The van der Waals surface area contributed by atoms with Crippen molar-refractivity contribution in [2.45, 2.75) is 22.0 Å². The van der Waals surface area contributed by atoms with E-state index >= 15 is 0 Å². The summed E-state index contributed by atoms with van der Waals surface area (Å²) < 4.78 is 38.1. The van der Waals surface area contributed by atoms with Gasteiger partial charge in [0.1, 0.15) is 0 Å². The van der Waals surface area contributed by atoms with Crippen molar-refractivity contribution in [1.29, 1.82) is 0 Å². The van der Waals surface area contributed by atoms with Crippen LogP contribution >= 0.6 is 0 Å². The fourth-order valence-corrected chi connectivity index (χ4v) is 5.20. The second kappa shape index (κ2) is 7.05. The molecule has 2 aliphatic heterocycles. The largest absolute Gasteiger partial charge is 0.338 e. The Labute approximate surface area is 174 Å². The maximum Gasteiger partial charge on any atom is 0.297 e. The molecule has 30 heavy (non-hydrogen) atoms. The first kappa shape index (κ1) is 19.0. The Balaban J connectivity index is 1.70. The number of benzene rings is 3. The second-order valence-corrected chi connectivity index (χ2v) is 9.09. The van der Waals surface area contributed by atoms with Gasteiger partial charge in [-0.2, -0.15) is 0 Å². The summed E-state index contributed by atoms with van der Waals surface area (Å²) in [6.07, 6.45) is 0.664. The van der Waals surface area contributed by atoms with E-state index in [1.165, 1.54) is 17.0 Å². The van der Waals surface area contributed by atoms with Crippen LogP contribution in [0.2, 0.25) is 0 Å². The second-order valence-electron chi connectivity index (χ2n) is 7.14. The SMILES string of the molecule is O=C1N(c2ccccc2)c2ccc(S(=O)(=O)c3ccccc3)cc2C12OCCCO2. The molecule has 3 aromatic carbocycles. The summed E-state index contributed by atoms with van der Waals surface area (Å²) in [7, 11) is -3.76. The maximum atomic E-state index is 13.5. The van der Waals surface area contributed by atoms with Crippen LogP contribution in [-0.4, -0.2) is 27.5 Å². The van der Waals surface area contributed by atoms with E-state index in [1.54, 1.807) is 36.4 Å². The summed E-state index contributed by atoms with van der Waals surface area (Å²) in [5.41, 5.74) is 1.63. The van der Waals surface area contributed by atoms with Crippen molar-refractivity contribution in [1.82, 2.24) is 0 Å². The van der Waals surface area contributed by atoms with E-state index in [0.29, 0.717) is 36.6 Å². The molecule has 2 heterocycles. The summed E-state index contributed by atoms with van der Waals surface area (Å²) in [5.74, 6) is -2.01. The van der Waals surface area contributed by atoms with Gasteiger partial charge in [0, 0.05) is 11.3 Å². The molecule has 3 aromatic rings. The molecule has 0 saturated carbocycles. The van der Waals surface area contributed by atoms with Gasteiger partial charge in [-0.3, -0.25) is 9.69 Å². The van der Waals surface area contributed by atoms with Crippen LogP contribution in [0.4, 0.5) is 11.4 Å². The lowest BCUT2D eigenvalue weighted by Gasteiger charge is -2.32. The molecule has 1 saturated heterocycles. The highest BCUT2D eigenvalue weighted by atomic mass is 32.2. The molecule has 152 valence electrons. The van der Waals surface area contributed by atoms with Gasteiger partial charge in [0.25, 0.3) is 11.7 Å². The lowest BCUT2D eigenvalue weighted by molar-refractivity contribution is -0.256. The quantitative estimate of drug-likeness (QED) is 0.643. The normalized spacial score (nSPS) is 17.9. The smallest absolute Gasteiger partial charge is 0.297 e. The van der Waals surface area contributed by atoms with Gasteiger partial charge in [0.05, 0.1) is 28.7 Å². The number of rotatable bonds is 3. The number of sulfone groups is 1. The zero-order valence-corrected chi connectivity index (χ0v) is 16.8. The minimum Gasteiger partial charge on any atom is -0.338 e. The lowest BCUT2D eigenvalue weighted by atomic mass is 10.1. The predicted molar refractivity (Wildman–Crippen MR) is 110 cm³/mol. The van der Waals surface area contributed by atoms with E-state index in [0.717, 1.165) is 0 Å². The van der Waals surface area contributed by atoms with E-state index in [2.05, 4.69) is 0 Å². The average molecular weight is 421 g/mol. The molecule has 1 amide bonds. The Bertz CT molecular complexity index is 1200. The van der Waals surface area contributed by atoms with Gasteiger partial charge >= 0.3 is 0 Å². The molecule has 2 aliphatic rings. The highest BCUT2D eigenvalue weighted by Gasteiger charge is 2.55. The monoisotopic (exact) mass is 421 g/mol. The molecule has 0 N–H and O–H groups in total. The third-order valence-electron chi connectivity index (χ3n) is 5.33. The number of anilines is 2. The fourth-order valence-electron chi connectivity index (χ4n) is 3.89. The van der Waals surface area contributed by atoms with Crippen molar-refractivity contribution >= 4 is 27.1 Å². The maximum absolute atomic E-state index is 13.5. The van der Waals surface area contributed by atoms with Gasteiger partial charge in [0.15, 0.2) is 0 Å². The Hall–Kier alpha value is -3.00. The number of amides is 1. The zero-order chi connectivity index (χ0) is 20.8. The molecule has 7 heteroatoms. The molecule has 0 aromatic heterocycles. The van der Waals surface area contributed by atoms with Gasteiger partial charge in [-0.05, 0) is 48.9 Å². The standard InChI is InChI=1S/C23H19NO5S/c25-22-23(28-14-7-15-29-23)20-16-19(30(26,27)18-10-5-2-6-11-18)12-13-21(20)24(22)17-8-3-1-4-9-17/h1-6,8-13,16H,7,14-15H2. The Morgan fingerprint density at radius 1 is 0.800 bits per heavy atom. The van der Waals surface area contributed by atoms with Crippen molar-refractivity contribution in [3.63, 3.8) is 0 Å². The first-order valence-corrected chi connectivity index (χ1v) is 11.1. The molecule has 0 aliphatic carbocycles. The average Bonchev–Trinajstić information content (AvgIpc) is 3.03. The number of carbonyl (C=O) groups excluding carboxylic acids is 1. The fraction of sp³-hybridized carbons (Fsp3) is 0.174. The third kappa shape index (κ3) is 2.78. The van der Waals surface area contributed by atoms with Crippen LogP contribution in [0.3, 0.4) is 0 Å². The van der Waals surface area contributed by atoms with E-state index in [9.17, 15) is 13.2 Å². The number of hydrogen-bond acceptors (Lipinski definition) is 5. The minimum absolute atomic E-state index is 0.0901. The highest BCUT2D eigenvalue weighted by Crippen LogP contribution is 2.49. The van der Waals surface area contributed by atoms with Crippen LogP contribution in [0.15, 0.2) is 88.7 Å². The molecule has 0 radical (unpaired) electrons. The van der Waals surface area contributed by atoms with Crippen molar-refractivity contribution in [3.05, 3.63) is 84.4 Å². The van der Waals surface area contributed by atoms with Crippen LogP contribution in [0.1, 0.15) is 12.0 Å². The van der Waals surface area contributed by atoms with Gasteiger partial charge in [-0.25, -0.2) is 8.42 Å². The van der Waals surface area contributed by atoms with E-state index in [4.69, 9.17) is 9.47 Å². The molecule has 5 rings (SSSR count). The highest BCUT2D eigenvalue weighted by molar-refractivity contribution is 7.91. The number of fused-ring (bicyclic) bond motifs is 2. The number of ether oxygens (including phenoxy) is 2. The van der Waals surface area contributed by atoms with Crippen molar-refractivity contribution in [2.75, 3.05) is 18.1 Å². The minimum atomic E-state index is -3.76. The summed E-state index contributed by atoms with van der Waals surface area (Å²) in [6.45, 7) is 0.701. The Morgan fingerprint density at radius 3 is 2.10 bits per heavy atom.